The largest absolute Gasteiger partial charge is 0.362 e. The number of likely N-dealkylation sites (tertiary alicyclic amines) is 1. The highest BCUT2D eigenvalue weighted by atomic mass is 16.2. The fraction of sp³-hybridized carbons (Fsp3) is 0.731. The molecule has 0 radical (unpaired) electrons. The van der Waals surface area contributed by atoms with Gasteiger partial charge >= 0.3 is 0 Å². The summed E-state index contributed by atoms with van der Waals surface area (Å²) in [6.45, 7) is 6.57. The zero-order valence-electron chi connectivity index (χ0n) is 19.2. The molecule has 2 unspecified atom stereocenters. The highest BCUT2D eigenvalue weighted by molar-refractivity contribution is 5.82. The Bertz CT molecular complexity index is 747. The van der Waals surface area contributed by atoms with Crippen LogP contribution in [0.4, 0.5) is 5.69 Å². The van der Waals surface area contributed by atoms with E-state index in [1.54, 1.807) is 0 Å². The molecule has 0 bridgehead atoms. The Balaban J connectivity index is 1.21. The quantitative estimate of drug-likeness (QED) is 0.603. The maximum atomic E-state index is 12.6. The molecular weight excluding hydrogens is 384 g/mol. The van der Waals surface area contributed by atoms with E-state index in [-0.39, 0.29) is 17.5 Å². The molecule has 2 aliphatic carbocycles. The average molecular weight is 425 g/mol. The van der Waals surface area contributed by atoms with Crippen LogP contribution in [-0.4, -0.2) is 48.7 Å². The predicted octanol–water partition coefficient (Wildman–Crippen LogP) is 4.07. The molecular formula is C26H40N4O. The Morgan fingerprint density at radius 3 is 2.39 bits per heavy atom. The van der Waals surface area contributed by atoms with Gasteiger partial charge in [-0.25, -0.2) is 0 Å². The van der Waals surface area contributed by atoms with Crippen LogP contribution in [0.3, 0.4) is 0 Å². The molecule has 2 saturated heterocycles. The first kappa shape index (κ1) is 21.3. The van der Waals surface area contributed by atoms with E-state index >= 15 is 0 Å². The minimum atomic E-state index is -0.383. The van der Waals surface area contributed by atoms with Crippen LogP contribution in [-0.2, 0) is 4.79 Å². The summed E-state index contributed by atoms with van der Waals surface area (Å²) in [6, 6.07) is 9.94. The number of carbonyl (C=O) groups excluding carboxylic acids is 1. The molecule has 1 aromatic carbocycles. The molecule has 2 heterocycles. The van der Waals surface area contributed by atoms with Crippen molar-refractivity contribution in [3.05, 3.63) is 29.8 Å². The van der Waals surface area contributed by atoms with Crippen LogP contribution in [0.15, 0.2) is 24.3 Å². The van der Waals surface area contributed by atoms with E-state index in [1.165, 1.54) is 57.2 Å². The van der Waals surface area contributed by atoms with Crippen molar-refractivity contribution in [1.29, 1.82) is 0 Å². The number of nitrogens with one attached hydrogen (secondary N) is 3. The Labute approximate surface area is 187 Å². The molecule has 4 aliphatic rings. The maximum Gasteiger partial charge on any atom is 0.224 e. The minimum absolute atomic E-state index is 0.217. The molecule has 5 rings (SSSR count). The van der Waals surface area contributed by atoms with Gasteiger partial charge in [0.15, 0.2) is 0 Å². The molecule has 1 aromatic rings. The van der Waals surface area contributed by atoms with Crippen molar-refractivity contribution in [1.82, 2.24) is 15.5 Å². The topological polar surface area (TPSA) is 56.4 Å². The predicted molar refractivity (Wildman–Crippen MR) is 126 cm³/mol. The second kappa shape index (κ2) is 9.11. The molecule has 2 aliphatic heterocycles. The fourth-order valence-corrected chi connectivity index (χ4v) is 6.16. The summed E-state index contributed by atoms with van der Waals surface area (Å²) < 4.78 is 0. The maximum absolute atomic E-state index is 12.6. The third-order valence-corrected chi connectivity index (χ3v) is 8.06. The highest BCUT2D eigenvalue weighted by Gasteiger charge is 2.40. The van der Waals surface area contributed by atoms with E-state index in [2.05, 4.69) is 52.0 Å². The highest BCUT2D eigenvalue weighted by Crippen LogP contribution is 2.34. The molecule has 1 amide bonds. The van der Waals surface area contributed by atoms with Crippen molar-refractivity contribution in [2.75, 3.05) is 31.5 Å². The molecule has 5 nitrogen and oxygen atoms in total. The van der Waals surface area contributed by atoms with E-state index in [9.17, 15) is 4.79 Å². The third-order valence-electron chi connectivity index (χ3n) is 8.06. The van der Waals surface area contributed by atoms with Gasteiger partial charge in [-0.15, -0.1) is 0 Å². The second-order valence-electron chi connectivity index (χ2n) is 10.8. The number of hydrogen-bond acceptors (Lipinski definition) is 4. The number of nitrogens with zero attached hydrogens (tertiary/aromatic N) is 1. The number of rotatable bonds is 6. The summed E-state index contributed by atoms with van der Waals surface area (Å²) in [6.07, 6.45) is 11.3. The van der Waals surface area contributed by atoms with E-state index < -0.39 is 0 Å². The van der Waals surface area contributed by atoms with Gasteiger partial charge in [-0.3, -0.25) is 4.79 Å². The zero-order chi connectivity index (χ0) is 21.3. The van der Waals surface area contributed by atoms with Crippen LogP contribution in [0.2, 0.25) is 0 Å². The molecule has 5 heteroatoms. The first-order chi connectivity index (χ1) is 15.1. The molecule has 2 saturated carbocycles. The monoisotopic (exact) mass is 424 g/mol. The lowest BCUT2D eigenvalue weighted by Gasteiger charge is -2.42. The lowest BCUT2D eigenvalue weighted by atomic mass is 9.88. The number of anilines is 1. The van der Waals surface area contributed by atoms with Gasteiger partial charge < -0.3 is 20.9 Å². The summed E-state index contributed by atoms with van der Waals surface area (Å²) in [7, 11) is 0. The van der Waals surface area contributed by atoms with E-state index in [1.807, 2.05) is 0 Å². The first-order valence-electron chi connectivity index (χ1n) is 12.8. The van der Waals surface area contributed by atoms with Crippen LogP contribution >= 0.6 is 0 Å². The zero-order valence-corrected chi connectivity index (χ0v) is 19.2. The molecule has 0 spiro atoms. The minimum Gasteiger partial charge on any atom is -0.362 e. The van der Waals surface area contributed by atoms with E-state index in [0.717, 1.165) is 44.1 Å². The number of amides is 1. The van der Waals surface area contributed by atoms with Gasteiger partial charge in [0.25, 0.3) is 0 Å². The van der Waals surface area contributed by atoms with Gasteiger partial charge in [-0.2, -0.15) is 0 Å². The lowest BCUT2D eigenvalue weighted by Crippen LogP contribution is -2.64. The summed E-state index contributed by atoms with van der Waals surface area (Å²) >= 11 is 0. The van der Waals surface area contributed by atoms with Crippen LogP contribution in [0.1, 0.15) is 76.2 Å². The van der Waals surface area contributed by atoms with Crippen LogP contribution in [0.5, 0.6) is 0 Å². The van der Waals surface area contributed by atoms with Crippen LogP contribution in [0, 0.1) is 11.8 Å². The van der Waals surface area contributed by atoms with Crippen LogP contribution in [0.25, 0.3) is 0 Å². The molecule has 31 heavy (non-hydrogen) atoms. The van der Waals surface area contributed by atoms with Crippen LogP contribution < -0.4 is 16.0 Å². The van der Waals surface area contributed by atoms with Crippen molar-refractivity contribution >= 4 is 11.6 Å². The molecule has 3 N–H and O–H groups in total. The number of piperidine rings is 2. The van der Waals surface area contributed by atoms with Crippen molar-refractivity contribution in [3.8, 4) is 0 Å². The Kier molecular flexibility index (Phi) is 6.25. The molecule has 2 atom stereocenters. The molecule has 4 fully saturated rings. The lowest BCUT2D eigenvalue weighted by molar-refractivity contribution is -0.124. The van der Waals surface area contributed by atoms with Gasteiger partial charge in [0.1, 0.15) is 5.66 Å². The number of carbonyl (C=O) groups is 1. The molecule has 0 aromatic heterocycles. The standard InChI is InChI=1S/C26H40N4O/c1-19-16-26(18-27-17-19,29-25(31)22-6-7-22)28-23-10-8-20(9-11-23)21-12-14-30(15-13-21)24-4-2-3-5-24/h8-11,19,21-22,24,27-28H,2-7,12-18H2,1H3,(H,29,31). The first-order valence-corrected chi connectivity index (χ1v) is 12.8. The number of benzene rings is 1. The van der Waals surface area contributed by atoms with E-state index in [0.29, 0.717) is 11.8 Å². The van der Waals surface area contributed by atoms with Gasteiger partial charge in [-0.1, -0.05) is 31.9 Å². The average Bonchev–Trinajstić information content (AvgIpc) is 3.49. The summed E-state index contributed by atoms with van der Waals surface area (Å²) in [5.41, 5.74) is 2.20. The van der Waals surface area contributed by atoms with Gasteiger partial charge in [0.05, 0.1) is 0 Å². The van der Waals surface area contributed by atoms with Gasteiger partial charge in [0.2, 0.25) is 5.91 Å². The Morgan fingerprint density at radius 1 is 1.03 bits per heavy atom. The molecule has 170 valence electrons. The summed E-state index contributed by atoms with van der Waals surface area (Å²) in [5, 5.41) is 10.6. The van der Waals surface area contributed by atoms with E-state index in [4.69, 9.17) is 0 Å². The summed E-state index contributed by atoms with van der Waals surface area (Å²) in [5.74, 6) is 1.67. The third kappa shape index (κ3) is 5.09. The SMILES string of the molecule is CC1CNCC(NC(=O)C2CC2)(Nc2ccc(C3CCN(C4CCCC4)CC3)cc2)C1. The smallest absolute Gasteiger partial charge is 0.224 e. The van der Waals surface area contributed by atoms with Gasteiger partial charge in [-0.05, 0) is 94.1 Å². The normalized spacial score (nSPS) is 30.9. The Morgan fingerprint density at radius 2 is 1.74 bits per heavy atom. The second-order valence-corrected chi connectivity index (χ2v) is 10.8. The summed E-state index contributed by atoms with van der Waals surface area (Å²) in [4.78, 5) is 15.3. The van der Waals surface area contributed by atoms with Crippen molar-refractivity contribution in [2.24, 2.45) is 11.8 Å². The number of hydrogen-bond donors (Lipinski definition) is 3. The Hall–Kier alpha value is -1.59. The van der Waals surface area contributed by atoms with Gasteiger partial charge in [0, 0.05) is 24.2 Å². The van der Waals surface area contributed by atoms with Crippen molar-refractivity contribution < 1.29 is 4.79 Å². The fourth-order valence-electron chi connectivity index (χ4n) is 6.16. The van der Waals surface area contributed by atoms with Crippen molar-refractivity contribution in [2.45, 2.75) is 82.3 Å². The van der Waals surface area contributed by atoms with Crippen molar-refractivity contribution in [3.63, 3.8) is 0 Å².